The number of nitrogens with zero attached hydrogens (tertiary/aromatic N) is 1. The summed E-state index contributed by atoms with van der Waals surface area (Å²) in [5.74, 6) is 0.845. The van der Waals surface area contributed by atoms with Gasteiger partial charge in [0, 0.05) is 19.2 Å². The van der Waals surface area contributed by atoms with E-state index in [1.165, 1.54) is 11.1 Å². The summed E-state index contributed by atoms with van der Waals surface area (Å²) in [7, 11) is 1.71. The minimum atomic E-state index is -0.00109. The second-order valence-electron chi connectivity index (χ2n) is 5.82. The fourth-order valence-electron chi connectivity index (χ4n) is 1.82. The minimum Gasteiger partial charge on any atom is -0.380 e. The number of nitrogens with one attached hydrogen (secondary N) is 2. The zero-order chi connectivity index (χ0) is 15.0. The monoisotopic (exact) mass is 405 g/mol. The molecule has 0 aromatic heterocycles. The third-order valence-corrected chi connectivity index (χ3v) is 2.56. The molecule has 0 saturated carbocycles. The number of hydrogen-bond donors (Lipinski definition) is 2. The zero-order valence-electron chi connectivity index (χ0n) is 13.7. The van der Waals surface area contributed by atoms with E-state index in [1.807, 2.05) is 6.07 Å². The molecule has 1 aromatic carbocycles. The van der Waals surface area contributed by atoms with Crippen LogP contribution >= 0.6 is 24.0 Å². The van der Waals surface area contributed by atoms with E-state index >= 15 is 0 Å². The van der Waals surface area contributed by atoms with Gasteiger partial charge in [0.05, 0.1) is 13.2 Å². The lowest BCUT2D eigenvalue weighted by atomic mass is 10.1. The molecule has 120 valence electrons. The van der Waals surface area contributed by atoms with Gasteiger partial charge in [-0.15, -0.1) is 24.0 Å². The van der Waals surface area contributed by atoms with Crippen molar-refractivity contribution in [1.29, 1.82) is 0 Å². The van der Waals surface area contributed by atoms with Crippen LogP contribution in [0.25, 0.3) is 0 Å². The van der Waals surface area contributed by atoms with E-state index in [0.29, 0.717) is 13.2 Å². The highest BCUT2D eigenvalue weighted by atomic mass is 127. The molecule has 0 aliphatic heterocycles. The molecular formula is C16H28IN3O. The third kappa shape index (κ3) is 8.93. The lowest BCUT2D eigenvalue weighted by molar-refractivity contribution is 0.185. The first-order valence-electron chi connectivity index (χ1n) is 7.08. The van der Waals surface area contributed by atoms with Crippen molar-refractivity contribution in [1.82, 2.24) is 10.6 Å². The molecule has 0 aliphatic rings. The van der Waals surface area contributed by atoms with Gasteiger partial charge in [0.2, 0.25) is 0 Å². The molecular weight excluding hydrogens is 377 g/mol. The molecule has 1 aromatic rings. The molecule has 0 atom stereocenters. The summed E-state index contributed by atoms with van der Waals surface area (Å²) in [5, 5.41) is 6.64. The van der Waals surface area contributed by atoms with Crippen LogP contribution in [0.1, 0.15) is 38.8 Å². The van der Waals surface area contributed by atoms with Crippen LogP contribution in [-0.4, -0.2) is 25.2 Å². The first-order valence-corrected chi connectivity index (χ1v) is 7.08. The van der Waals surface area contributed by atoms with Gasteiger partial charge in [-0.3, -0.25) is 0 Å². The Kier molecular flexibility index (Phi) is 9.61. The average molecular weight is 405 g/mol. The predicted molar refractivity (Wildman–Crippen MR) is 100 cm³/mol. The largest absolute Gasteiger partial charge is 0.380 e. The van der Waals surface area contributed by atoms with Crippen molar-refractivity contribution in [3.63, 3.8) is 0 Å². The van der Waals surface area contributed by atoms with Crippen molar-refractivity contribution in [3.05, 3.63) is 35.4 Å². The SMILES string of the molecule is CCNC(=NCc1cccc(COC)c1)NC(C)(C)C.I. The van der Waals surface area contributed by atoms with Crippen LogP contribution < -0.4 is 10.6 Å². The maximum Gasteiger partial charge on any atom is 0.191 e. The highest BCUT2D eigenvalue weighted by Gasteiger charge is 2.11. The normalized spacial score (nSPS) is 11.8. The number of benzene rings is 1. The van der Waals surface area contributed by atoms with Crippen molar-refractivity contribution in [3.8, 4) is 0 Å². The van der Waals surface area contributed by atoms with Gasteiger partial charge in [0.15, 0.2) is 5.96 Å². The van der Waals surface area contributed by atoms with Crippen LogP contribution in [-0.2, 0) is 17.9 Å². The quantitative estimate of drug-likeness (QED) is 0.449. The van der Waals surface area contributed by atoms with Gasteiger partial charge in [0.25, 0.3) is 0 Å². The highest BCUT2D eigenvalue weighted by Crippen LogP contribution is 2.08. The summed E-state index contributed by atoms with van der Waals surface area (Å²) in [4.78, 5) is 4.62. The Hall–Kier alpha value is -0.820. The summed E-state index contributed by atoms with van der Waals surface area (Å²) < 4.78 is 5.15. The van der Waals surface area contributed by atoms with Crippen LogP contribution in [0, 0.1) is 0 Å². The predicted octanol–water partition coefficient (Wildman–Crippen LogP) is 3.30. The Morgan fingerprint density at radius 1 is 1.24 bits per heavy atom. The number of hydrogen-bond acceptors (Lipinski definition) is 2. The van der Waals surface area contributed by atoms with Gasteiger partial charge in [0.1, 0.15) is 0 Å². The van der Waals surface area contributed by atoms with Gasteiger partial charge < -0.3 is 15.4 Å². The minimum absolute atomic E-state index is 0. The molecule has 21 heavy (non-hydrogen) atoms. The van der Waals surface area contributed by atoms with E-state index in [-0.39, 0.29) is 29.5 Å². The molecule has 4 nitrogen and oxygen atoms in total. The second kappa shape index (κ2) is 10.00. The summed E-state index contributed by atoms with van der Waals surface area (Å²) in [5.41, 5.74) is 2.36. The van der Waals surface area contributed by atoms with Crippen LogP contribution in [0.4, 0.5) is 0 Å². The van der Waals surface area contributed by atoms with Gasteiger partial charge in [-0.1, -0.05) is 24.3 Å². The molecule has 1 rings (SSSR count). The van der Waals surface area contributed by atoms with Crippen LogP contribution in [0.2, 0.25) is 0 Å². The van der Waals surface area contributed by atoms with Crippen molar-refractivity contribution >= 4 is 29.9 Å². The molecule has 0 saturated heterocycles. The van der Waals surface area contributed by atoms with E-state index in [2.05, 4.69) is 61.5 Å². The molecule has 0 spiro atoms. The zero-order valence-corrected chi connectivity index (χ0v) is 16.0. The van der Waals surface area contributed by atoms with Crippen molar-refractivity contribution in [2.45, 2.75) is 46.4 Å². The molecule has 0 radical (unpaired) electrons. The maximum absolute atomic E-state index is 5.15. The van der Waals surface area contributed by atoms with E-state index in [1.54, 1.807) is 7.11 Å². The Morgan fingerprint density at radius 3 is 2.48 bits per heavy atom. The molecule has 5 heteroatoms. The Balaban J connectivity index is 0.00000400. The van der Waals surface area contributed by atoms with E-state index in [9.17, 15) is 0 Å². The highest BCUT2D eigenvalue weighted by molar-refractivity contribution is 14.0. The van der Waals surface area contributed by atoms with Gasteiger partial charge >= 0.3 is 0 Å². The van der Waals surface area contributed by atoms with Gasteiger partial charge in [-0.25, -0.2) is 4.99 Å². The summed E-state index contributed by atoms with van der Waals surface area (Å²) >= 11 is 0. The summed E-state index contributed by atoms with van der Waals surface area (Å²) in [6.45, 7) is 10.6. The Morgan fingerprint density at radius 2 is 1.90 bits per heavy atom. The van der Waals surface area contributed by atoms with E-state index in [4.69, 9.17) is 4.74 Å². The number of aliphatic imine (C=N–C) groups is 1. The molecule has 0 heterocycles. The first kappa shape index (κ1) is 20.2. The smallest absolute Gasteiger partial charge is 0.191 e. The summed E-state index contributed by atoms with van der Waals surface area (Å²) in [6, 6.07) is 8.33. The molecule has 0 fully saturated rings. The molecule has 0 amide bonds. The molecule has 0 aliphatic carbocycles. The van der Waals surface area contributed by atoms with Crippen molar-refractivity contribution < 1.29 is 4.74 Å². The lowest BCUT2D eigenvalue weighted by Gasteiger charge is -2.23. The third-order valence-electron chi connectivity index (χ3n) is 2.56. The van der Waals surface area contributed by atoms with Crippen molar-refractivity contribution in [2.75, 3.05) is 13.7 Å². The molecule has 0 unspecified atom stereocenters. The molecule has 2 N–H and O–H groups in total. The number of guanidine groups is 1. The standard InChI is InChI=1S/C16H27N3O.HI/c1-6-17-15(19-16(2,3)4)18-11-13-8-7-9-14(10-13)12-20-5;/h7-10H,6,11-12H2,1-5H3,(H2,17,18,19);1H. The number of ether oxygens (including phenoxy) is 1. The number of halogens is 1. The lowest BCUT2D eigenvalue weighted by Crippen LogP contribution is -2.47. The number of methoxy groups -OCH3 is 1. The van der Waals surface area contributed by atoms with Crippen molar-refractivity contribution in [2.24, 2.45) is 4.99 Å². The van der Waals surface area contributed by atoms with Gasteiger partial charge in [-0.05, 0) is 38.8 Å². The topological polar surface area (TPSA) is 45.7 Å². The fourth-order valence-corrected chi connectivity index (χ4v) is 1.82. The maximum atomic E-state index is 5.15. The van der Waals surface area contributed by atoms with Crippen LogP contribution in [0.3, 0.4) is 0 Å². The van der Waals surface area contributed by atoms with Gasteiger partial charge in [-0.2, -0.15) is 0 Å². The average Bonchev–Trinajstić information content (AvgIpc) is 2.35. The second-order valence-corrected chi connectivity index (χ2v) is 5.82. The number of rotatable bonds is 5. The Bertz CT molecular complexity index is 441. The van der Waals surface area contributed by atoms with E-state index < -0.39 is 0 Å². The van der Waals surface area contributed by atoms with E-state index in [0.717, 1.165) is 12.5 Å². The molecule has 0 bridgehead atoms. The van der Waals surface area contributed by atoms with Crippen LogP contribution in [0.5, 0.6) is 0 Å². The van der Waals surface area contributed by atoms with Crippen LogP contribution in [0.15, 0.2) is 29.3 Å². The first-order chi connectivity index (χ1) is 9.44. The fraction of sp³-hybridized carbons (Fsp3) is 0.562. The summed E-state index contributed by atoms with van der Waals surface area (Å²) in [6.07, 6.45) is 0. The Labute approximate surface area is 145 Å².